The van der Waals surface area contributed by atoms with Crippen LogP contribution in [0.15, 0.2) is 17.9 Å². The minimum absolute atomic E-state index is 0.339. The molecule has 1 fully saturated rings. The molecule has 0 aromatic carbocycles. The third kappa shape index (κ3) is 7.03. The molecular weight excluding hydrogens is 349 g/mol. The summed E-state index contributed by atoms with van der Waals surface area (Å²) in [5.74, 6) is 0.682. The van der Waals surface area contributed by atoms with Gasteiger partial charge in [0.05, 0.1) is 18.6 Å². The van der Waals surface area contributed by atoms with Crippen molar-refractivity contribution in [2.24, 2.45) is 10.7 Å². The highest BCUT2D eigenvalue weighted by Gasteiger charge is 2.23. The number of nitrogens with zero attached hydrogens (tertiary/aromatic N) is 4. The van der Waals surface area contributed by atoms with Crippen molar-refractivity contribution < 1.29 is 13.9 Å². The number of nitrogens with two attached hydrogens (primary N) is 1. The van der Waals surface area contributed by atoms with E-state index in [1.807, 2.05) is 25.3 Å². The van der Waals surface area contributed by atoms with Crippen molar-refractivity contribution in [3.63, 3.8) is 0 Å². The Morgan fingerprint density at radius 2 is 2.11 bits per heavy atom. The standard InChI is InChI=1S/C17H26FN5O2.C2H6/c1-3-20-16-15(13(2)19)21-12-23(16)8-4-5-11-25-17(24)22-9-6-14(18)7-10-22;1-2/h3,12,14H,2,4-11,19H2,1H3;1-2H3/b20-3-;. The lowest BCUT2D eigenvalue weighted by Crippen LogP contribution is -2.39. The van der Waals surface area contributed by atoms with E-state index in [0.717, 1.165) is 12.8 Å². The van der Waals surface area contributed by atoms with Gasteiger partial charge in [-0.25, -0.2) is 19.2 Å². The Balaban J connectivity index is 0.00000176. The SMILES string of the molecule is C=C(N)c1ncn(CCCCOC(=O)N2CCC(F)CC2)c1/N=C\C.CC. The molecule has 0 bridgehead atoms. The summed E-state index contributed by atoms with van der Waals surface area (Å²) >= 11 is 0. The number of rotatable bonds is 7. The molecule has 0 spiro atoms. The number of hydrogen-bond acceptors (Lipinski definition) is 5. The number of carbonyl (C=O) groups excluding carboxylic acids is 1. The van der Waals surface area contributed by atoms with Crippen LogP contribution in [0.2, 0.25) is 0 Å². The summed E-state index contributed by atoms with van der Waals surface area (Å²) in [5, 5.41) is 0. The Morgan fingerprint density at radius 1 is 1.44 bits per heavy atom. The zero-order chi connectivity index (χ0) is 20.2. The van der Waals surface area contributed by atoms with Gasteiger partial charge < -0.3 is 19.9 Å². The van der Waals surface area contributed by atoms with Crippen LogP contribution in [-0.2, 0) is 11.3 Å². The van der Waals surface area contributed by atoms with Crippen molar-refractivity contribution >= 4 is 23.8 Å². The van der Waals surface area contributed by atoms with E-state index in [1.54, 1.807) is 17.4 Å². The van der Waals surface area contributed by atoms with Crippen LogP contribution in [0.3, 0.4) is 0 Å². The van der Waals surface area contributed by atoms with Crippen LogP contribution < -0.4 is 5.73 Å². The number of unbranched alkanes of at least 4 members (excludes halogenated alkanes) is 1. The number of hydrogen-bond donors (Lipinski definition) is 1. The second-order valence-corrected chi connectivity index (χ2v) is 6.01. The molecule has 2 N–H and O–H groups in total. The second-order valence-electron chi connectivity index (χ2n) is 6.01. The Kier molecular flexibility index (Phi) is 10.1. The fourth-order valence-corrected chi connectivity index (χ4v) is 2.69. The third-order valence-electron chi connectivity index (χ3n) is 4.07. The zero-order valence-corrected chi connectivity index (χ0v) is 16.7. The summed E-state index contributed by atoms with van der Waals surface area (Å²) in [6.07, 6.45) is 4.53. The van der Waals surface area contributed by atoms with Gasteiger partial charge in [-0.05, 0) is 32.6 Å². The van der Waals surface area contributed by atoms with Crippen LogP contribution in [0.5, 0.6) is 0 Å². The summed E-state index contributed by atoms with van der Waals surface area (Å²) in [4.78, 5) is 22.0. The molecule has 7 nitrogen and oxygen atoms in total. The number of carbonyl (C=O) groups is 1. The number of aromatic nitrogens is 2. The number of halogens is 1. The average Bonchev–Trinajstić information content (AvgIpc) is 3.07. The number of aryl methyl sites for hydroxylation is 1. The topological polar surface area (TPSA) is 85.7 Å². The largest absolute Gasteiger partial charge is 0.449 e. The molecular formula is C19H32FN5O2. The summed E-state index contributed by atoms with van der Waals surface area (Å²) in [7, 11) is 0. The Morgan fingerprint density at radius 3 is 2.70 bits per heavy atom. The molecule has 0 radical (unpaired) electrons. The first-order valence-corrected chi connectivity index (χ1v) is 9.57. The van der Waals surface area contributed by atoms with E-state index in [9.17, 15) is 9.18 Å². The molecule has 0 atom stereocenters. The summed E-state index contributed by atoms with van der Waals surface area (Å²) in [6, 6.07) is 0. The highest BCUT2D eigenvalue weighted by Crippen LogP contribution is 2.22. The lowest BCUT2D eigenvalue weighted by Gasteiger charge is -2.27. The molecule has 1 amide bonds. The maximum atomic E-state index is 13.1. The van der Waals surface area contributed by atoms with Crippen LogP contribution in [0, 0.1) is 0 Å². The predicted octanol–water partition coefficient (Wildman–Crippen LogP) is 3.91. The normalized spacial score (nSPS) is 14.7. The van der Waals surface area contributed by atoms with Gasteiger partial charge in [0.15, 0.2) is 5.82 Å². The number of piperidine rings is 1. The summed E-state index contributed by atoms with van der Waals surface area (Å²) in [5.41, 5.74) is 6.68. The van der Waals surface area contributed by atoms with Crippen LogP contribution in [-0.4, -0.2) is 52.6 Å². The third-order valence-corrected chi connectivity index (χ3v) is 4.07. The first-order chi connectivity index (χ1) is 13.0. The molecule has 2 heterocycles. The Bertz CT molecular complexity index is 622. The zero-order valence-electron chi connectivity index (χ0n) is 16.7. The van der Waals surface area contributed by atoms with Gasteiger partial charge >= 0.3 is 6.09 Å². The average molecular weight is 381 g/mol. The first kappa shape index (κ1) is 22.7. The minimum Gasteiger partial charge on any atom is -0.449 e. The van der Waals surface area contributed by atoms with E-state index < -0.39 is 6.17 Å². The summed E-state index contributed by atoms with van der Waals surface area (Å²) < 4.78 is 20.2. The molecule has 1 aromatic heterocycles. The maximum absolute atomic E-state index is 13.1. The number of ether oxygens (including phenoxy) is 1. The van der Waals surface area contributed by atoms with Crippen molar-refractivity contribution in [3.8, 4) is 0 Å². The number of alkyl halides is 1. The van der Waals surface area contributed by atoms with E-state index in [0.29, 0.717) is 56.3 Å². The van der Waals surface area contributed by atoms with Crippen LogP contribution in [0.1, 0.15) is 52.1 Å². The monoisotopic (exact) mass is 381 g/mol. The second kappa shape index (κ2) is 12.1. The lowest BCUT2D eigenvalue weighted by molar-refractivity contribution is 0.0808. The molecule has 2 rings (SSSR count). The Hall–Kier alpha value is -2.38. The lowest BCUT2D eigenvalue weighted by atomic mass is 10.1. The number of imidazole rings is 1. The van der Waals surface area contributed by atoms with Crippen molar-refractivity contribution in [1.82, 2.24) is 14.5 Å². The van der Waals surface area contributed by atoms with E-state index in [1.165, 1.54) is 0 Å². The molecule has 1 aromatic rings. The number of amides is 1. The molecule has 1 aliphatic rings. The van der Waals surface area contributed by atoms with Gasteiger partial charge in [0, 0.05) is 25.8 Å². The smallest absolute Gasteiger partial charge is 0.409 e. The maximum Gasteiger partial charge on any atom is 0.409 e. The van der Waals surface area contributed by atoms with Gasteiger partial charge in [-0.3, -0.25) is 0 Å². The molecule has 1 aliphatic heterocycles. The van der Waals surface area contributed by atoms with Crippen LogP contribution in [0.4, 0.5) is 15.0 Å². The van der Waals surface area contributed by atoms with E-state index >= 15 is 0 Å². The highest BCUT2D eigenvalue weighted by atomic mass is 19.1. The molecule has 0 saturated carbocycles. The van der Waals surface area contributed by atoms with Crippen LogP contribution >= 0.6 is 0 Å². The van der Waals surface area contributed by atoms with Crippen LogP contribution in [0.25, 0.3) is 5.70 Å². The quantitative estimate of drug-likeness (QED) is 0.573. The molecule has 152 valence electrons. The van der Waals surface area contributed by atoms with Crippen molar-refractivity contribution in [2.45, 2.75) is 59.2 Å². The molecule has 0 aliphatic carbocycles. The molecule has 1 saturated heterocycles. The van der Waals surface area contributed by atoms with Gasteiger partial charge in [-0.1, -0.05) is 20.4 Å². The number of aliphatic imine (C=N–C) groups is 1. The van der Waals surface area contributed by atoms with Crippen molar-refractivity contribution in [3.05, 3.63) is 18.6 Å². The fraction of sp³-hybridized carbons (Fsp3) is 0.632. The van der Waals surface area contributed by atoms with E-state index in [2.05, 4.69) is 16.6 Å². The predicted molar refractivity (Wildman–Crippen MR) is 107 cm³/mol. The fourth-order valence-electron chi connectivity index (χ4n) is 2.69. The summed E-state index contributed by atoms with van der Waals surface area (Å²) in [6.45, 7) is 11.4. The van der Waals surface area contributed by atoms with Gasteiger partial charge in [0.2, 0.25) is 0 Å². The molecule has 0 unspecified atom stereocenters. The molecule has 8 heteroatoms. The van der Waals surface area contributed by atoms with E-state index in [-0.39, 0.29) is 6.09 Å². The van der Waals surface area contributed by atoms with Crippen molar-refractivity contribution in [2.75, 3.05) is 19.7 Å². The van der Waals surface area contributed by atoms with E-state index in [4.69, 9.17) is 10.5 Å². The van der Waals surface area contributed by atoms with Crippen molar-refractivity contribution in [1.29, 1.82) is 0 Å². The van der Waals surface area contributed by atoms with Gasteiger partial charge in [-0.2, -0.15) is 0 Å². The highest BCUT2D eigenvalue weighted by molar-refractivity contribution is 5.70. The van der Waals surface area contributed by atoms with Gasteiger partial charge in [0.1, 0.15) is 11.9 Å². The first-order valence-electron chi connectivity index (χ1n) is 9.57. The van der Waals surface area contributed by atoms with Gasteiger partial charge in [0.25, 0.3) is 0 Å². The minimum atomic E-state index is -0.798. The molecule has 27 heavy (non-hydrogen) atoms. The van der Waals surface area contributed by atoms with Gasteiger partial charge in [-0.15, -0.1) is 0 Å². The number of likely N-dealkylation sites (tertiary alicyclic amines) is 1. The Labute approximate surface area is 161 Å².